The standard InChI is InChI=1S/C24H21NO8/c1-30-18-9-12(10-19(31-2)22(18)32-3)8-13-4-6-16-20(26)15-7-5-14(25-23(27)24(28)29)11-17(15)33-21(13)16/h5,7-11H,4,6H2,1-3H3,(H,25,27)(H,28,29)/b13-8+. The third-order valence-electron chi connectivity index (χ3n) is 5.40. The lowest BCUT2D eigenvalue weighted by atomic mass is 10.1. The van der Waals surface area contributed by atoms with Crippen LogP contribution in [0, 0.1) is 0 Å². The highest BCUT2D eigenvalue weighted by Crippen LogP contribution is 2.40. The summed E-state index contributed by atoms with van der Waals surface area (Å²) in [5.41, 5.74) is 2.47. The Balaban J connectivity index is 1.80. The molecule has 0 radical (unpaired) electrons. The minimum absolute atomic E-state index is 0.157. The maximum atomic E-state index is 13.0. The smallest absolute Gasteiger partial charge is 0.394 e. The first-order valence-electron chi connectivity index (χ1n) is 10.0. The number of methoxy groups -OCH3 is 3. The Labute approximate surface area is 188 Å². The van der Waals surface area contributed by atoms with Gasteiger partial charge >= 0.3 is 11.9 Å². The first kappa shape index (κ1) is 21.9. The molecule has 9 nitrogen and oxygen atoms in total. The molecule has 1 aromatic heterocycles. The van der Waals surface area contributed by atoms with Crippen molar-refractivity contribution in [1.82, 2.24) is 0 Å². The summed E-state index contributed by atoms with van der Waals surface area (Å²) in [6.45, 7) is 0. The zero-order valence-corrected chi connectivity index (χ0v) is 18.2. The SMILES string of the molecule is COc1cc(/C=C2\CCc3c2oc2cc(NC(=O)C(=O)O)ccc2c3=O)cc(OC)c1OC. The molecule has 3 aromatic rings. The van der Waals surface area contributed by atoms with Crippen LogP contribution < -0.4 is 25.0 Å². The predicted octanol–water partition coefficient (Wildman–Crippen LogP) is 3.33. The number of aliphatic carboxylic acids is 1. The molecule has 1 aliphatic rings. The fourth-order valence-corrected chi connectivity index (χ4v) is 3.88. The van der Waals surface area contributed by atoms with Crippen LogP contribution in [0.25, 0.3) is 22.6 Å². The third-order valence-corrected chi connectivity index (χ3v) is 5.40. The number of hydrogen-bond acceptors (Lipinski definition) is 7. The zero-order valence-electron chi connectivity index (χ0n) is 18.2. The van der Waals surface area contributed by atoms with E-state index in [2.05, 4.69) is 5.32 Å². The molecule has 4 rings (SSSR count). The molecule has 0 fully saturated rings. The average molecular weight is 451 g/mol. The van der Waals surface area contributed by atoms with Crippen LogP contribution in [0.3, 0.4) is 0 Å². The summed E-state index contributed by atoms with van der Waals surface area (Å²) >= 11 is 0. The van der Waals surface area contributed by atoms with E-state index in [1.807, 2.05) is 6.08 Å². The maximum Gasteiger partial charge on any atom is 0.394 e. The lowest BCUT2D eigenvalue weighted by Gasteiger charge is -2.13. The van der Waals surface area contributed by atoms with Gasteiger partial charge in [0.15, 0.2) is 16.9 Å². The number of carbonyl (C=O) groups is 2. The van der Waals surface area contributed by atoms with Crippen LogP contribution in [0.2, 0.25) is 0 Å². The molecule has 33 heavy (non-hydrogen) atoms. The van der Waals surface area contributed by atoms with Crippen molar-refractivity contribution in [3.8, 4) is 17.2 Å². The Morgan fingerprint density at radius 2 is 1.73 bits per heavy atom. The fraction of sp³-hybridized carbons (Fsp3) is 0.208. The second kappa shape index (κ2) is 8.70. The van der Waals surface area contributed by atoms with Crippen LogP contribution in [0.4, 0.5) is 5.69 Å². The van der Waals surface area contributed by atoms with E-state index in [0.717, 1.165) is 11.1 Å². The second-order valence-corrected chi connectivity index (χ2v) is 7.34. The van der Waals surface area contributed by atoms with Crippen LogP contribution in [-0.2, 0) is 16.0 Å². The van der Waals surface area contributed by atoms with Crippen LogP contribution in [-0.4, -0.2) is 38.3 Å². The highest BCUT2D eigenvalue weighted by molar-refractivity contribution is 6.36. The lowest BCUT2D eigenvalue weighted by molar-refractivity contribution is -0.147. The van der Waals surface area contributed by atoms with Crippen molar-refractivity contribution in [2.24, 2.45) is 0 Å². The zero-order chi connectivity index (χ0) is 23.7. The summed E-state index contributed by atoms with van der Waals surface area (Å²) in [5, 5.41) is 11.4. The summed E-state index contributed by atoms with van der Waals surface area (Å²) in [6, 6.07) is 8.01. The monoisotopic (exact) mass is 451 g/mol. The Morgan fingerprint density at radius 1 is 1.03 bits per heavy atom. The first-order valence-corrected chi connectivity index (χ1v) is 10.0. The Morgan fingerprint density at radius 3 is 2.33 bits per heavy atom. The molecule has 9 heteroatoms. The Kier molecular flexibility index (Phi) is 5.78. The van der Waals surface area contributed by atoms with Crippen molar-refractivity contribution in [1.29, 1.82) is 0 Å². The molecule has 0 unspecified atom stereocenters. The minimum atomic E-state index is -1.61. The number of amides is 1. The van der Waals surface area contributed by atoms with Gasteiger partial charge in [-0.15, -0.1) is 0 Å². The number of benzene rings is 2. The fourth-order valence-electron chi connectivity index (χ4n) is 3.88. The molecule has 170 valence electrons. The number of rotatable bonds is 5. The van der Waals surface area contributed by atoms with Crippen molar-refractivity contribution in [2.45, 2.75) is 12.8 Å². The largest absolute Gasteiger partial charge is 0.493 e. The number of carboxylic acids is 1. The van der Waals surface area contributed by atoms with E-state index in [1.54, 1.807) is 12.1 Å². The molecule has 0 atom stereocenters. The van der Waals surface area contributed by atoms with E-state index in [1.165, 1.54) is 39.5 Å². The Hall–Kier alpha value is -4.27. The highest BCUT2D eigenvalue weighted by Gasteiger charge is 2.25. The van der Waals surface area contributed by atoms with E-state index in [0.29, 0.717) is 46.8 Å². The summed E-state index contributed by atoms with van der Waals surface area (Å²) in [5.74, 6) is -0.853. The molecule has 0 bridgehead atoms. The predicted molar refractivity (Wildman–Crippen MR) is 121 cm³/mol. The quantitative estimate of drug-likeness (QED) is 0.566. The van der Waals surface area contributed by atoms with Gasteiger partial charge in [-0.05, 0) is 54.3 Å². The number of nitrogens with one attached hydrogen (secondary N) is 1. The molecule has 0 saturated heterocycles. The molecule has 1 heterocycles. The Bertz CT molecular complexity index is 1340. The van der Waals surface area contributed by atoms with Crippen LogP contribution in [0.1, 0.15) is 23.3 Å². The lowest BCUT2D eigenvalue weighted by Crippen LogP contribution is -2.21. The topological polar surface area (TPSA) is 124 Å². The van der Waals surface area contributed by atoms with Crippen LogP contribution >= 0.6 is 0 Å². The number of carbonyl (C=O) groups excluding carboxylic acids is 1. The number of carboxylic acid groups (broad SMARTS) is 1. The second-order valence-electron chi connectivity index (χ2n) is 7.34. The molecular formula is C24H21NO8. The van der Waals surface area contributed by atoms with Gasteiger partial charge in [0.2, 0.25) is 5.75 Å². The van der Waals surface area contributed by atoms with Gasteiger partial charge in [0.05, 0.1) is 26.7 Å². The van der Waals surface area contributed by atoms with E-state index in [-0.39, 0.29) is 16.7 Å². The molecule has 2 aromatic carbocycles. The number of anilines is 1. The van der Waals surface area contributed by atoms with E-state index in [4.69, 9.17) is 23.7 Å². The summed E-state index contributed by atoms with van der Waals surface area (Å²) in [6.07, 6.45) is 3.02. The number of allylic oxidation sites excluding steroid dienone is 1. The average Bonchev–Trinajstić information content (AvgIpc) is 3.20. The molecule has 0 spiro atoms. The molecule has 2 N–H and O–H groups in total. The van der Waals surface area contributed by atoms with Gasteiger partial charge < -0.3 is 29.1 Å². The third kappa shape index (κ3) is 4.00. The van der Waals surface area contributed by atoms with Crippen molar-refractivity contribution in [3.05, 3.63) is 57.4 Å². The van der Waals surface area contributed by atoms with Crippen LogP contribution in [0.5, 0.6) is 17.2 Å². The molecule has 1 aliphatic carbocycles. The van der Waals surface area contributed by atoms with Crippen molar-refractivity contribution >= 4 is 40.2 Å². The van der Waals surface area contributed by atoms with E-state index >= 15 is 0 Å². The molecular weight excluding hydrogens is 430 g/mol. The van der Waals surface area contributed by atoms with Crippen LogP contribution in [0.15, 0.2) is 39.5 Å². The van der Waals surface area contributed by atoms with Gasteiger partial charge in [-0.25, -0.2) is 4.79 Å². The summed E-state index contributed by atoms with van der Waals surface area (Å²) < 4.78 is 22.2. The van der Waals surface area contributed by atoms with E-state index < -0.39 is 11.9 Å². The van der Waals surface area contributed by atoms with Crippen molar-refractivity contribution < 1.29 is 33.3 Å². The van der Waals surface area contributed by atoms with Gasteiger partial charge in [-0.1, -0.05) is 0 Å². The van der Waals surface area contributed by atoms with Crippen molar-refractivity contribution in [2.75, 3.05) is 26.6 Å². The van der Waals surface area contributed by atoms with Gasteiger partial charge in [-0.2, -0.15) is 0 Å². The number of ether oxygens (including phenoxy) is 3. The van der Waals surface area contributed by atoms with Gasteiger partial charge in [0.25, 0.3) is 0 Å². The molecule has 0 saturated carbocycles. The molecule has 0 aliphatic heterocycles. The van der Waals surface area contributed by atoms with Gasteiger partial charge in [-0.3, -0.25) is 9.59 Å². The van der Waals surface area contributed by atoms with Crippen molar-refractivity contribution in [3.63, 3.8) is 0 Å². The number of fused-ring (bicyclic) bond motifs is 2. The normalized spacial score (nSPS) is 13.6. The highest BCUT2D eigenvalue weighted by atomic mass is 16.5. The van der Waals surface area contributed by atoms with Gasteiger partial charge in [0, 0.05) is 17.3 Å². The van der Waals surface area contributed by atoms with E-state index in [9.17, 15) is 14.4 Å². The molecule has 1 amide bonds. The number of hydrogen-bond donors (Lipinski definition) is 2. The first-order chi connectivity index (χ1) is 15.9. The summed E-state index contributed by atoms with van der Waals surface area (Å²) in [7, 11) is 4.59. The minimum Gasteiger partial charge on any atom is -0.493 e. The maximum absolute atomic E-state index is 13.0. The summed E-state index contributed by atoms with van der Waals surface area (Å²) in [4.78, 5) is 35.3. The van der Waals surface area contributed by atoms with Gasteiger partial charge in [0.1, 0.15) is 11.3 Å².